The Labute approximate surface area is 170 Å². The molecule has 1 fully saturated rings. The van der Waals surface area contributed by atoms with Crippen LogP contribution in [-0.4, -0.2) is 60.2 Å². The molecule has 29 heavy (non-hydrogen) atoms. The molecule has 0 unspecified atom stereocenters. The summed E-state index contributed by atoms with van der Waals surface area (Å²) >= 11 is 0. The molecule has 0 aliphatic carbocycles. The molecule has 7 nitrogen and oxygen atoms in total. The van der Waals surface area contributed by atoms with Crippen molar-refractivity contribution in [2.24, 2.45) is 11.7 Å². The number of carbonyl (C=O) groups is 1. The molecule has 0 radical (unpaired) electrons. The summed E-state index contributed by atoms with van der Waals surface area (Å²) in [5, 5.41) is 0.460. The van der Waals surface area contributed by atoms with Gasteiger partial charge in [0.05, 0.1) is 17.1 Å². The number of halogens is 1. The summed E-state index contributed by atoms with van der Waals surface area (Å²) < 4.78 is 42.7. The van der Waals surface area contributed by atoms with Gasteiger partial charge in [0.25, 0.3) is 0 Å². The number of hydrogen-bond acceptors (Lipinski definition) is 5. The Hall–Kier alpha value is -2.10. The fourth-order valence-corrected chi connectivity index (χ4v) is 5.58. The quantitative estimate of drug-likeness (QED) is 0.813. The Morgan fingerprint density at radius 3 is 2.69 bits per heavy atom. The molecule has 1 amide bonds. The van der Waals surface area contributed by atoms with E-state index in [1.807, 2.05) is 13.8 Å². The molecule has 0 saturated carbocycles. The lowest BCUT2D eigenvalue weighted by atomic mass is 10.0. The van der Waals surface area contributed by atoms with Crippen LogP contribution in [0.15, 0.2) is 35.5 Å². The fourth-order valence-electron chi connectivity index (χ4n) is 3.69. The van der Waals surface area contributed by atoms with Crippen molar-refractivity contribution >= 4 is 26.7 Å². The highest BCUT2D eigenvalue weighted by Gasteiger charge is 2.35. The van der Waals surface area contributed by atoms with Gasteiger partial charge in [-0.25, -0.2) is 12.8 Å². The number of amides is 1. The molecule has 1 aromatic carbocycles. The summed E-state index contributed by atoms with van der Waals surface area (Å²) in [7, 11) is -3.97. The van der Waals surface area contributed by atoms with Gasteiger partial charge in [0.15, 0.2) is 5.82 Å². The van der Waals surface area contributed by atoms with Gasteiger partial charge < -0.3 is 10.6 Å². The number of fused-ring (bicyclic) bond motifs is 1. The first-order valence-corrected chi connectivity index (χ1v) is 11.2. The summed E-state index contributed by atoms with van der Waals surface area (Å²) in [6.45, 7) is 6.44. The van der Waals surface area contributed by atoms with Crippen molar-refractivity contribution in [2.45, 2.75) is 44.2 Å². The van der Waals surface area contributed by atoms with Crippen molar-refractivity contribution in [3.63, 3.8) is 0 Å². The SMILES string of the molecule is CC(C)[C@@H](N)C(=O)N1CCCN(S(=O)(=O)c2cccc3cncc(F)c23)[C@@H](C)C1. The van der Waals surface area contributed by atoms with Gasteiger partial charge in [0.2, 0.25) is 15.9 Å². The first-order valence-electron chi connectivity index (χ1n) is 9.73. The number of rotatable bonds is 4. The van der Waals surface area contributed by atoms with E-state index in [1.54, 1.807) is 24.0 Å². The predicted octanol–water partition coefficient (Wildman–Crippen LogP) is 1.97. The Balaban J connectivity index is 1.94. The Morgan fingerprint density at radius 2 is 2.00 bits per heavy atom. The zero-order chi connectivity index (χ0) is 21.3. The largest absolute Gasteiger partial charge is 0.340 e. The van der Waals surface area contributed by atoms with Gasteiger partial charge in [-0.3, -0.25) is 9.78 Å². The third-order valence-electron chi connectivity index (χ3n) is 5.38. The third-order valence-corrected chi connectivity index (χ3v) is 7.44. The van der Waals surface area contributed by atoms with Gasteiger partial charge in [-0.1, -0.05) is 26.0 Å². The van der Waals surface area contributed by atoms with Crippen LogP contribution in [0.4, 0.5) is 4.39 Å². The maximum Gasteiger partial charge on any atom is 0.244 e. The molecule has 2 aromatic rings. The van der Waals surface area contributed by atoms with Gasteiger partial charge in [0.1, 0.15) is 0 Å². The maximum absolute atomic E-state index is 14.4. The second-order valence-electron chi connectivity index (χ2n) is 7.85. The first kappa shape index (κ1) is 21.6. The van der Waals surface area contributed by atoms with E-state index < -0.39 is 27.9 Å². The van der Waals surface area contributed by atoms with Crippen LogP contribution in [-0.2, 0) is 14.8 Å². The molecule has 2 N–H and O–H groups in total. The molecule has 3 rings (SSSR count). The monoisotopic (exact) mass is 422 g/mol. The molecular weight excluding hydrogens is 395 g/mol. The molecule has 2 heterocycles. The highest BCUT2D eigenvalue weighted by Crippen LogP contribution is 2.29. The van der Waals surface area contributed by atoms with E-state index in [9.17, 15) is 17.6 Å². The highest BCUT2D eigenvalue weighted by atomic mass is 32.2. The topological polar surface area (TPSA) is 96.6 Å². The number of hydrogen-bond donors (Lipinski definition) is 1. The molecular formula is C20H27FN4O3S. The summed E-state index contributed by atoms with van der Waals surface area (Å²) in [6.07, 6.45) is 2.94. The van der Waals surface area contributed by atoms with E-state index in [1.165, 1.54) is 16.6 Å². The second kappa shape index (κ2) is 8.33. The van der Waals surface area contributed by atoms with Crippen LogP contribution in [0.3, 0.4) is 0 Å². The molecule has 0 spiro atoms. The van der Waals surface area contributed by atoms with Crippen LogP contribution in [0.2, 0.25) is 0 Å². The summed E-state index contributed by atoms with van der Waals surface area (Å²) in [4.78, 5) is 18.0. The van der Waals surface area contributed by atoms with Crippen molar-refractivity contribution in [3.8, 4) is 0 Å². The van der Waals surface area contributed by atoms with Crippen molar-refractivity contribution in [2.75, 3.05) is 19.6 Å². The smallest absolute Gasteiger partial charge is 0.244 e. The summed E-state index contributed by atoms with van der Waals surface area (Å²) in [5.74, 6) is -0.856. The van der Waals surface area contributed by atoms with E-state index in [0.717, 1.165) is 6.20 Å². The number of nitrogens with two attached hydrogens (primary N) is 1. The fraction of sp³-hybridized carbons (Fsp3) is 0.500. The maximum atomic E-state index is 14.4. The lowest BCUT2D eigenvalue weighted by Crippen LogP contribution is -2.50. The lowest BCUT2D eigenvalue weighted by molar-refractivity contribution is -0.133. The van der Waals surface area contributed by atoms with E-state index in [4.69, 9.17) is 5.73 Å². The molecule has 9 heteroatoms. The number of aromatic nitrogens is 1. The van der Waals surface area contributed by atoms with Crippen LogP contribution in [0.5, 0.6) is 0 Å². The number of carbonyl (C=O) groups excluding carboxylic acids is 1. The Bertz CT molecular complexity index is 1010. The number of pyridine rings is 1. The minimum atomic E-state index is -3.97. The Morgan fingerprint density at radius 1 is 1.28 bits per heavy atom. The molecule has 0 bridgehead atoms. The van der Waals surface area contributed by atoms with Gasteiger partial charge >= 0.3 is 0 Å². The molecule has 158 valence electrons. The first-order chi connectivity index (χ1) is 13.6. The van der Waals surface area contributed by atoms with Crippen LogP contribution >= 0.6 is 0 Å². The van der Waals surface area contributed by atoms with Gasteiger partial charge in [-0.15, -0.1) is 0 Å². The van der Waals surface area contributed by atoms with Crippen molar-refractivity contribution in [1.82, 2.24) is 14.2 Å². The predicted molar refractivity (Wildman–Crippen MR) is 109 cm³/mol. The molecule has 2 atom stereocenters. The standard InChI is InChI=1S/C20H27FN4O3S/c1-13(2)19(22)20(26)24-8-5-9-25(14(3)12-24)29(27,28)17-7-4-6-15-10-23-11-16(21)18(15)17/h4,6-7,10-11,13-14,19H,5,8-9,12,22H2,1-3H3/t14-,19+/m0/s1. The molecule has 1 aliphatic heterocycles. The van der Waals surface area contributed by atoms with E-state index >= 15 is 0 Å². The van der Waals surface area contributed by atoms with Crippen LogP contribution in [0.25, 0.3) is 10.8 Å². The van der Waals surface area contributed by atoms with Gasteiger partial charge in [-0.2, -0.15) is 4.31 Å². The summed E-state index contributed by atoms with van der Waals surface area (Å²) in [5.41, 5.74) is 6.01. The van der Waals surface area contributed by atoms with E-state index in [0.29, 0.717) is 18.4 Å². The molecule has 1 saturated heterocycles. The van der Waals surface area contributed by atoms with Gasteiger partial charge in [0, 0.05) is 42.6 Å². The minimum Gasteiger partial charge on any atom is -0.340 e. The third kappa shape index (κ3) is 4.12. The van der Waals surface area contributed by atoms with Crippen molar-refractivity contribution < 1.29 is 17.6 Å². The highest BCUT2D eigenvalue weighted by molar-refractivity contribution is 7.89. The van der Waals surface area contributed by atoms with E-state index in [-0.39, 0.29) is 35.2 Å². The van der Waals surface area contributed by atoms with Crippen molar-refractivity contribution in [3.05, 3.63) is 36.4 Å². The minimum absolute atomic E-state index is 0.00633. The summed E-state index contributed by atoms with van der Waals surface area (Å²) in [6, 6.07) is 3.53. The molecule has 1 aliphatic rings. The zero-order valence-corrected chi connectivity index (χ0v) is 17.7. The van der Waals surface area contributed by atoms with Crippen LogP contribution in [0, 0.1) is 11.7 Å². The Kier molecular flexibility index (Phi) is 6.21. The van der Waals surface area contributed by atoms with Crippen LogP contribution < -0.4 is 5.73 Å². The molecule has 1 aromatic heterocycles. The zero-order valence-electron chi connectivity index (χ0n) is 16.9. The average molecular weight is 423 g/mol. The normalized spacial score (nSPS) is 20.1. The van der Waals surface area contributed by atoms with E-state index in [2.05, 4.69) is 4.98 Å². The lowest BCUT2D eigenvalue weighted by Gasteiger charge is -2.30. The number of sulfonamides is 1. The van der Waals surface area contributed by atoms with Crippen molar-refractivity contribution in [1.29, 1.82) is 0 Å². The van der Waals surface area contributed by atoms with Gasteiger partial charge in [-0.05, 0) is 25.3 Å². The average Bonchev–Trinajstić information content (AvgIpc) is 2.88. The van der Waals surface area contributed by atoms with Crippen LogP contribution in [0.1, 0.15) is 27.2 Å². The number of nitrogens with zero attached hydrogens (tertiary/aromatic N) is 3. The second-order valence-corrected chi connectivity index (χ2v) is 9.71. The number of benzene rings is 1.